The predicted octanol–water partition coefficient (Wildman–Crippen LogP) is 2.25. The molecule has 0 amide bonds. The number of hydrogen-bond acceptors (Lipinski definition) is 1. The number of aliphatic imine (C=N–C) groups is 1. The molecule has 0 bridgehead atoms. The third kappa shape index (κ3) is 4.47. The minimum atomic E-state index is 0. The number of nitrogens with zero attached hydrogens (tertiary/aromatic N) is 1. The van der Waals surface area contributed by atoms with Gasteiger partial charge in [0.25, 0.3) is 0 Å². The van der Waals surface area contributed by atoms with Crippen LogP contribution >= 0.6 is 50.9 Å². The molecule has 1 aromatic carbocycles. The first-order chi connectivity index (χ1) is 6.09. The van der Waals surface area contributed by atoms with E-state index in [0.717, 1.165) is 10.0 Å². The van der Waals surface area contributed by atoms with Crippen molar-refractivity contribution in [2.75, 3.05) is 0 Å². The van der Waals surface area contributed by atoms with Crippen LogP contribution in [0, 0.1) is 3.57 Å². The number of rotatable bonds is 2. The molecule has 0 aliphatic carbocycles. The lowest BCUT2D eigenvalue weighted by atomic mass is 10.2. The highest BCUT2D eigenvalue weighted by Gasteiger charge is 1.98. The molecule has 0 fully saturated rings. The lowest BCUT2D eigenvalue weighted by molar-refractivity contribution is 1.04. The molecular weight excluding hydrogens is 380 g/mol. The summed E-state index contributed by atoms with van der Waals surface area (Å²) < 4.78 is 2.21. The lowest BCUT2D eigenvalue weighted by Crippen LogP contribution is -2.22. The molecule has 0 aliphatic rings. The minimum Gasteiger partial charge on any atom is -0.370 e. The summed E-state index contributed by atoms with van der Waals surface area (Å²) in [6.45, 7) is 0.514. The Kier molecular flexibility index (Phi) is 6.46. The zero-order valence-electron chi connectivity index (χ0n) is 7.21. The SMILES string of the molecule is Cl.NC(N)=NCc1ccc(I)cc1Br. The summed E-state index contributed by atoms with van der Waals surface area (Å²) in [5.74, 6) is 0.116. The van der Waals surface area contributed by atoms with Crippen LogP contribution in [0.5, 0.6) is 0 Å². The van der Waals surface area contributed by atoms with Crippen LogP contribution < -0.4 is 11.5 Å². The molecule has 0 unspecified atom stereocenters. The van der Waals surface area contributed by atoms with Gasteiger partial charge in [-0.05, 0) is 40.3 Å². The van der Waals surface area contributed by atoms with E-state index in [2.05, 4.69) is 43.5 Å². The van der Waals surface area contributed by atoms with Gasteiger partial charge in [0, 0.05) is 8.04 Å². The van der Waals surface area contributed by atoms with Crippen LogP contribution in [0.3, 0.4) is 0 Å². The van der Waals surface area contributed by atoms with Crippen molar-refractivity contribution in [2.45, 2.75) is 6.54 Å². The number of guanidine groups is 1. The van der Waals surface area contributed by atoms with Crippen molar-refractivity contribution in [2.24, 2.45) is 16.5 Å². The molecule has 1 aromatic rings. The maximum atomic E-state index is 5.23. The molecule has 0 aliphatic heterocycles. The number of halogens is 3. The second kappa shape index (κ2) is 6.47. The van der Waals surface area contributed by atoms with Crippen molar-refractivity contribution in [3.8, 4) is 0 Å². The van der Waals surface area contributed by atoms with Crippen LogP contribution in [0.4, 0.5) is 0 Å². The van der Waals surface area contributed by atoms with Gasteiger partial charge >= 0.3 is 0 Å². The fourth-order valence-electron chi connectivity index (χ4n) is 0.826. The first kappa shape index (κ1) is 14.0. The van der Waals surface area contributed by atoms with Gasteiger partial charge in [0.2, 0.25) is 0 Å². The maximum absolute atomic E-state index is 5.23. The molecule has 0 radical (unpaired) electrons. The van der Waals surface area contributed by atoms with Crippen molar-refractivity contribution in [1.29, 1.82) is 0 Å². The Morgan fingerprint density at radius 2 is 2.07 bits per heavy atom. The van der Waals surface area contributed by atoms with Crippen molar-refractivity contribution in [1.82, 2.24) is 0 Å². The second-order valence-electron chi connectivity index (χ2n) is 2.48. The Bertz CT molecular complexity index is 339. The highest BCUT2D eigenvalue weighted by molar-refractivity contribution is 14.1. The summed E-state index contributed by atoms with van der Waals surface area (Å²) in [6, 6.07) is 6.04. The van der Waals surface area contributed by atoms with Gasteiger partial charge in [0.05, 0.1) is 6.54 Å². The van der Waals surface area contributed by atoms with Crippen LogP contribution in [0.25, 0.3) is 0 Å². The molecular formula is C8H10BrClIN3. The second-order valence-corrected chi connectivity index (χ2v) is 4.58. The molecule has 0 saturated heterocycles. The van der Waals surface area contributed by atoms with E-state index in [1.807, 2.05) is 18.2 Å². The average molecular weight is 390 g/mol. The highest BCUT2D eigenvalue weighted by atomic mass is 127. The van der Waals surface area contributed by atoms with Gasteiger partial charge < -0.3 is 11.5 Å². The third-order valence-electron chi connectivity index (χ3n) is 1.45. The third-order valence-corrected chi connectivity index (χ3v) is 2.86. The number of hydrogen-bond donors (Lipinski definition) is 2. The predicted molar refractivity (Wildman–Crippen MR) is 73.6 cm³/mol. The van der Waals surface area contributed by atoms with E-state index < -0.39 is 0 Å². The van der Waals surface area contributed by atoms with Gasteiger partial charge in [0.1, 0.15) is 0 Å². The van der Waals surface area contributed by atoms with E-state index in [0.29, 0.717) is 6.54 Å². The molecule has 14 heavy (non-hydrogen) atoms. The molecule has 3 nitrogen and oxygen atoms in total. The summed E-state index contributed by atoms with van der Waals surface area (Å²) in [5, 5.41) is 0. The monoisotopic (exact) mass is 389 g/mol. The zero-order valence-corrected chi connectivity index (χ0v) is 11.8. The molecule has 6 heteroatoms. The highest BCUT2D eigenvalue weighted by Crippen LogP contribution is 2.20. The Morgan fingerprint density at radius 1 is 1.43 bits per heavy atom. The smallest absolute Gasteiger partial charge is 0.186 e. The molecule has 1 rings (SSSR count). The molecule has 0 atom stereocenters. The van der Waals surface area contributed by atoms with E-state index in [1.165, 1.54) is 3.57 Å². The molecule has 0 aromatic heterocycles. The molecule has 0 heterocycles. The van der Waals surface area contributed by atoms with Crippen LogP contribution in [0.15, 0.2) is 27.7 Å². The Balaban J connectivity index is 0.00000169. The quantitative estimate of drug-likeness (QED) is 0.462. The Hall–Kier alpha value is -0.0100. The summed E-state index contributed by atoms with van der Waals surface area (Å²) in [4.78, 5) is 3.93. The van der Waals surface area contributed by atoms with Crippen LogP contribution in [-0.4, -0.2) is 5.96 Å². The summed E-state index contributed by atoms with van der Waals surface area (Å²) in [7, 11) is 0. The van der Waals surface area contributed by atoms with E-state index >= 15 is 0 Å². The minimum absolute atomic E-state index is 0. The summed E-state index contributed by atoms with van der Waals surface area (Å²) in [6.07, 6.45) is 0. The summed E-state index contributed by atoms with van der Waals surface area (Å²) >= 11 is 5.69. The average Bonchev–Trinajstić information content (AvgIpc) is 2.02. The van der Waals surface area contributed by atoms with E-state index in [1.54, 1.807) is 0 Å². The Morgan fingerprint density at radius 3 is 2.57 bits per heavy atom. The van der Waals surface area contributed by atoms with Crippen molar-refractivity contribution < 1.29 is 0 Å². The van der Waals surface area contributed by atoms with Crippen molar-refractivity contribution in [3.05, 3.63) is 31.8 Å². The first-order valence-electron chi connectivity index (χ1n) is 3.59. The lowest BCUT2D eigenvalue weighted by Gasteiger charge is -2.01. The van der Waals surface area contributed by atoms with Gasteiger partial charge in [-0.25, -0.2) is 4.99 Å². The van der Waals surface area contributed by atoms with E-state index in [-0.39, 0.29) is 18.4 Å². The Labute approximate surface area is 111 Å². The standard InChI is InChI=1S/C8H9BrIN3.ClH/c9-7-3-6(10)2-1-5(7)4-13-8(11)12;/h1-3H,4H2,(H4,11,12,13);1H. The number of benzene rings is 1. The van der Waals surface area contributed by atoms with E-state index in [9.17, 15) is 0 Å². The number of nitrogens with two attached hydrogens (primary N) is 2. The molecule has 0 saturated carbocycles. The van der Waals surface area contributed by atoms with Crippen LogP contribution in [0.2, 0.25) is 0 Å². The van der Waals surface area contributed by atoms with E-state index in [4.69, 9.17) is 11.5 Å². The van der Waals surface area contributed by atoms with Gasteiger partial charge in [-0.2, -0.15) is 0 Å². The fourth-order valence-corrected chi connectivity index (χ4v) is 2.25. The molecule has 0 spiro atoms. The van der Waals surface area contributed by atoms with Crippen LogP contribution in [-0.2, 0) is 6.54 Å². The molecule has 78 valence electrons. The molecule has 4 N–H and O–H groups in total. The van der Waals surface area contributed by atoms with Crippen molar-refractivity contribution >= 4 is 56.9 Å². The summed E-state index contributed by atoms with van der Waals surface area (Å²) in [5.41, 5.74) is 11.5. The fraction of sp³-hybridized carbons (Fsp3) is 0.125. The van der Waals surface area contributed by atoms with Crippen LogP contribution in [0.1, 0.15) is 5.56 Å². The largest absolute Gasteiger partial charge is 0.370 e. The van der Waals surface area contributed by atoms with Gasteiger partial charge in [0.15, 0.2) is 5.96 Å². The topological polar surface area (TPSA) is 64.4 Å². The maximum Gasteiger partial charge on any atom is 0.186 e. The first-order valence-corrected chi connectivity index (χ1v) is 5.46. The van der Waals surface area contributed by atoms with Gasteiger partial charge in [-0.1, -0.05) is 22.0 Å². The normalized spacial score (nSPS) is 9.00. The van der Waals surface area contributed by atoms with Crippen molar-refractivity contribution in [3.63, 3.8) is 0 Å². The zero-order chi connectivity index (χ0) is 9.84. The van der Waals surface area contributed by atoms with Gasteiger partial charge in [-0.15, -0.1) is 12.4 Å². The van der Waals surface area contributed by atoms with Gasteiger partial charge in [-0.3, -0.25) is 0 Å².